The van der Waals surface area contributed by atoms with Crippen LogP contribution < -0.4 is 10.6 Å². The van der Waals surface area contributed by atoms with E-state index in [9.17, 15) is 4.79 Å². The number of anilines is 1. The van der Waals surface area contributed by atoms with Gasteiger partial charge in [0.25, 0.3) is 0 Å². The summed E-state index contributed by atoms with van der Waals surface area (Å²) in [6, 6.07) is 10.4. The lowest BCUT2D eigenvalue weighted by Crippen LogP contribution is -2.34. The molecular weight excluding hydrogens is 405 g/mol. The van der Waals surface area contributed by atoms with E-state index in [0.29, 0.717) is 44.7 Å². The van der Waals surface area contributed by atoms with Crippen LogP contribution in [0, 0.1) is 5.92 Å². The Kier molecular flexibility index (Phi) is 5.99. The van der Waals surface area contributed by atoms with Crippen LogP contribution in [0.15, 0.2) is 40.8 Å². The molecule has 0 unspecified atom stereocenters. The van der Waals surface area contributed by atoms with Crippen molar-refractivity contribution in [3.8, 4) is 11.5 Å². The average Bonchev–Trinajstić information content (AvgIpc) is 2.98. The summed E-state index contributed by atoms with van der Waals surface area (Å²) in [7, 11) is 0. The summed E-state index contributed by atoms with van der Waals surface area (Å²) in [5.74, 6) is 0.491. The van der Waals surface area contributed by atoms with Gasteiger partial charge in [-0.05, 0) is 54.5 Å². The quantitative estimate of drug-likeness (QED) is 0.531. The SMILES string of the molecule is CC(C)CC(=O)NC(=S)Nc1ccc(Cl)c(-c2nc3cc(Cl)ccc3o2)c1. The summed E-state index contributed by atoms with van der Waals surface area (Å²) in [6.07, 6.45) is 0.402. The highest BCUT2D eigenvalue weighted by Gasteiger charge is 2.14. The molecule has 0 aliphatic heterocycles. The molecule has 1 heterocycles. The molecule has 0 aliphatic rings. The topological polar surface area (TPSA) is 67.2 Å². The molecule has 0 fully saturated rings. The first-order valence-electron chi connectivity index (χ1n) is 8.28. The molecule has 0 saturated carbocycles. The zero-order valence-corrected chi connectivity index (χ0v) is 17.0. The lowest BCUT2D eigenvalue weighted by molar-refractivity contribution is -0.120. The molecule has 0 saturated heterocycles. The fourth-order valence-electron chi connectivity index (χ4n) is 2.49. The van der Waals surface area contributed by atoms with Crippen molar-refractivity contribution in [3.05, 3.63) is 46.4 Å². The molecular formula is C19H17Cl2N3O2S. The number of amides is 1. The Labute approximate surface area is 172 Å². The highest BCUT2D eigenvalue weighted by Crippen LogP contribution is 2.32. The lowest BCUT2D eigenvalue weighted by atomic mass is 10.1. The number of fused-ring (bicyclic) bond motifs is 1. The van der Waals surface area contributed by atoms with Crippen LogP contribution in [-0.2, 0) is 4.79 Å². The van der Waals surface area contributed by atoms with Gasteiger partial charge < -0.3 is 15.1 Å². The monoisotopic (exact) mass is 421 g/mol. The van der Waals surface area contributed by atoms with Gasteiger partial charge in [-0.1, -0.05) is 37.0 Å². The number of carbonyl (C=O) groups excluding carboxylic acids is 1. The van der Waals surface area contributed by atoms with E-state index in [4.69, 9.17) is 39.8 Å². The van der Waals surface area contributed by atoms with Crippen LogP contribution in [0.2, 0.25) is 10.0 Å². The smallest absolute Gasteiger partial charge is 0.228 e. The highest BCUT2D eigenvalue weighted by atomic mass is 35.5. The van der Waals surface area contributed by atoms with Gasteiger partial charge in [-0.15, -0.1) is 0 Å². The van der Waals surface area contributed by atoms with E-state index in [1.54, 1.807) is 36.4 Å². The Morgan fingerprint density at radius 1 is 1.22 bits per heavy atom. The zero-order valence-electron chi connectivity index (χ0n) is 14.7. The largest absolute Gasteiger partial charge is 0.436 e. The van der Waals surface area contributed by atoms with Gasteiger partial charge in [0.1, 0.15) is 5.52 Å². The predicted octanol–water partition coefficient (Wildman–Crippen LogP) is 5.66. The molecule has 2 N–H and O–H groups in total. The maximum Gasteiger partial charge on any atom is 0.228 e. The van der Waals surface area contributed by atoms with Crippen LogP contribution in [-0.4, -0.2) is 16.0 Å². The van der Waals surface area contributed by atoms with Gasteiger partial charge in [0.05, 0.1) is 10.6 Å². The van der Waals surface area contributed by atoms with Gasteiger partial charge >= 0.3 is 0 Å². The molecule has 1 amide bonds. The third-order valence-corrected chi connectivity index (χ3v) is 4.42. The summed E-state index contributed by atoms with van der Waals surface area (Å²) < 4.78 is 5.77. The molecule has 0 spiro atoms. The van der Waals surface area contributed by atoms with E-state index in [1.807, 2.05) is 13.8 Å². The van der Waals surface area contributed by atoms with Crippen LogP contribution in [0.3, 0.4) is 0 Å². The Hall–Kier alpha value is -2.15. The summed E-state index contributed by atoms with van der Waals surface area (Å²) in [4.78, 5) is 16.3. The molecule has 3 rings (SSSR count). The number of nitrogens with one attached hydrogen (secondary N) is 2. The van der Waals surface area contributed by atoms with Gasteiger partial charge in [-0.3, -0.25) is 4.79 Å². The van der Waals surface area contributed by atoms with Crippen molar-refractivity contribution in [3.63, 3.8) is 0 Å². The van der Waals surface area contributed by atoms with E-state index in [2.05, 4.69) is 15.6 Å². The van der Waals surface area contributed by atoms with Crippen LogP contribution in [0.25, 0.3) is 22.6 Å². The van der Waals surface area contributed by atoms with Crippen molar-refractivity contribution in [2.24, 2.45) is 5.92 Å². The Balaban J connectivity index is 1.81. The number of rotatable bonds is 4. The van der Waals surface area contributed by atoms with Crippen LogP contribution in [0.5, 0.6) is 0 Å². The Morgan fingerprint density at radius 3 is 2.74 bits per heavy atom. The first kappa shape index (κ1) is 19.6. The normalized spacial score (nSPS) is 11.0. The minimum atomic E-state index is -0.132. The van der Waals surface area contributed by atoms with Crippen molar-refractivity contribution in [1.29, 1.82) is 0 Å². The van der Waals surface area contributed by atoms with Crippen molar-refractivity contribution in [1.82, 2.24) is 10.3 Å². The predicted molar refractivity (Wildman–Crippen MR) is 113 cm³/mol. The summed E-state index contributed by atoms with van der Waals surface area (Å²) in [5.41, 5.74) is 2.51. The van der Waals surface area contributed by atoms with Gasteiger partial charge in [-0.25, -0.2) is 4.98 Å². The minimum absolute atomic E-state index is 0.132. The molecule has 5 nitrogen and oxygen atoms in total. The Morgan fingerprint density at radius 2 is 2.00 bits per heavy atom. The number of hydrogen-bond donors (Lipinski definition) is 2. The van der Waals surface area contributed by atoms with Crippen molar-refractivity contribution in [2.75, 3.05) is 5.32 Å². The average molecular weight is 422 g/mol. The highest BCUT2D eigenvalue weighted by molar-refractivity contribution is 7.80. The maximum atomic E-state index is 11.8. The van der Waals surface area contributed by atoms with E-state index < -0.39 is 0 Å². The Bertz CT molecular complexity index is 1020. The first-order chi connectivity index (χ1) is 12.8. The molecule has 140 valence electrons. The number of carbonyl (C=O) groups is 1. The third-order valence-electron chi connectivity index (χ3n) is 3.65. The molecule has 2 aromatic carbocycles. The van der Waals surface area contributed by atoms with Crippen LogP contribution in [0.1, 0.15) is 20.3 Å². The summed E-state index contributed by atoms with van der Waals surface area (Å²) in [6.45, 7) is 3.93. The summed E-state index contributed by atoms with van der Waals surface area (Å²) >= 11 is 17.5. The molecule has 3 aromatic rings. The number of thiocarbonyl (C=S) groups is 1. The molecule has 0 aliphatic carbocycles. The number of benzene rings is 2. The van der Waals surface area contributed by atoms with E-state index in [0.717, 1.165) is 0 Å². The van der Waals surface area contributed by atoms with Gasteiger partial charge in [-0.2, -0.15) is 0 Å². The molecule has 27 heavy (non-hydrogen) atoms. The zero-order chi connectivity index (χ0) is 19.6. The molecule has 0 radical (unpaired) electrons. The van der Waals surface area contributed by atoms with E-state index in [1.165, 1.54) is 0 Å². The number of nitrogens with zero attached hydrogens (tertiary/aromatic N) is 1. The number of halogens is 2. The minimum Gasteiger partial charge on any atom is -0.436 e. The van der Waals surface area contributed by atoms with Crippen LogP contribution in [0.4, 0.5) is 5.69 Å². The maximum absolute atomic E-state index is 11.8. The summed E-state index contributed by atoms with van der Waals surface area (Å²) in [5, 5.41) is 6.91. The number of aromatic nitrogens is 1. The number of oxazole rings is 1. The van der Waals surface area contributed by atoms with Crippen molar-refractivity contribution >= 4 is 63.2 Å². The van der Waals surface area contributed by atoms with Crippen molar-refractivity contribution < 1.29 is 9.21 Å². The standard InChI is InChI=1S/C19H17Cl2N3O2S/c1-10(2)7-17(25)24-19(27)22-12-4-5-14(21)13(9-12)18-23-15-8-11(20)3-6-16(15)26-18/h3-6,8-10H,7H2,1-2H3,(H2,22,24,25,27). The molecule has 0 atom stereocenters. The second-order valence-corrected chi connectivity index (χ2v) is 7.68. The lowest BCUT2D eigenvalue weighted by Gasteiger charge is -2.11. The van der Waals surface area contributed by atoms with Crippen molar-refractivity contribution in [2.45, 2.75) is 20.3 Å². The number of hydrogen-bond acceptors (Lipinski definition) is 4. The first-order valence-corrected chi connectivity index (χ1v) is 9.45. The third kappa shape index (κ3) is 4.97. The van der Waals surface area contributed by atoms with Gasteiger partial charge in [0.2, 0.25) is 11.8 Å². The molecule has 0 bridgehead atoms. The second kappa shape index (κ2) is 8.25. The fourth-order valence-corrected chi connectivity index (χ4v) is 3.09. The fraction of sp³-hybridized carbons (Fsp3) is 0.211. The molecule has 8 heteroatoms. The second-order valence-electron chi connectivity index (χ2n) is 6.43. The van der Waals surface area contributed by atoms with Gasteiger partial charge in [0.15, 0.2) is 10.7 Å². The van der Waals surface area contributed by atoms with Crippen LogP contribution >= 0.6 is 35.4 Å². The van der Waals surface area contributed by atoms with E-state index in [-0.39, 0.29) is 16.9 Å². The van der Waals surface area contributed by atoms with Gasteiger partial charge in [0, 0.05) is 17.1 Å². The molecule has 1 aromatic heterocycles. The van der Waals surface area contributed by atoms with E-state index >= 15 is 0 Å².